The van der Waals surface area contributed by atoms with Gasteiger partial charge >= 0.3 is 5.97 Å². The monoisotopic (exact) mass is 427 g/mol. The molecule has 0 aliphatic rings. The maximum absolute atomic E-state index is 12.1. The lowest BCUT2D eigenvalue weighted by atomic mass is 10.0. The van der Waals surface area contributed by atoms with Gasteiger partial charge in [-0.1, -0.05) is 39.7 Å². The van der Waals surface area contributed by atoms with Crippen LogP contribution in [0, 0.1) is 0 Å². The SMILES string of the molecule is CO/N=C(/C(=O)OC)c1ccccc1/C=N/OC(C)/C(=N/OC)c1ccc(OC)cc1. The number of rotatable bonds is 10. The second-order valence-electron chi connectivity index (χ2n) is 6.07. The van der Waals surface area contributed by atoms with Gasteiger partial charge in [-0.2, -0.15) is 0 Å². The molecule has 9 heteroatoms. The summed E-state index contributed by atoms with van der Waals surface area (Å²) in [5, 5.41) is 11.9. The molecule has 0 aromatic heterocycles. The second-order valence-corrected chi connectivity index (χ2v) is 6.07. The molecule has 164 valence electrons. The van der Waals surface area contributed by atoms with E-state index in [1.165, 1.54) is 27.5 Å². The number of carbonyl (C=O) groups is 1. The van der Waals surface area contributed by atoms with Crippen LogP contribution in [0.15, 0.2) is 64.0 Å². The molecule has 9 nitrogen and oxygen atoms in total. The van der Waals surface area contributed by atoms with Gasteiger partial charge in [-0.3, -0.25) is 0 Å². The molecule has 0 spiro atoms. The number of oxime groups is 3. The number of hydrogen-bond acceptors (Lipinski definition) is 9. The maximum Gasteiger partial charge on any atom is 0.360 e. The van der Waals surface area contributed by atoms with E-state index in [-0.39, 0.29) is 5.71 Å². The van der Waals surface area contributed by atoms with Gasteiger partial charge in [0, 0.05) is 16.7 Å². The molecule has 0 aliphatic carbocycles. The van der Waals surface area contributed by atoms with Gasteiger partial charge in [0.1, 0.15) is 25.7 Å². The van der Waals surface area contributed by atoms with Crippen molar-refractivity contribution in [1.82, 2.24) is 0 Å². The van der Waals surface area contributed by atoms with E-state index in [2.05, 4.69) is 15.5 Å². The van der Waals surface area contributed by atoms with Crippen molar-refractivity contribution in [3.8, 4) is 5.75 Å². The molecule has 1 atom stereocenters. The molecule has 0 aliphatic heterocycles. The van der Waals surface area contributed by atoms with Gasteiger partial charge < -0.3 is 24.0 Å². The summed E-state index contributed by atoms with van der Waals surface area (Å²) in [7, 11) is 5.67. The number of methoxy groups -OCH3 is 2. The summed E-state index contributed by atoms with van der Waals surface area (Å²) in [6.07, 6.45) is 0.947. The smallest absolute Gasteiger partial charge is 0.360 e. The van der Waals surface area contributed by atoms with Crippen molar-refractivity contribution in [2.45, 2.75) is 13.0 Å². The van der Waals surface area contributed by atoms with Gasteiger partial charge in [0.25, 0.3) is 0 Å². The van der Waals surface area contributed by atoms with Crippen LogP contribution in [0.2, 0.25) is 0 Å². The van der Waals surface area contributed by atoms with Crippen LogP contribution in [0.4, 0.5) is 0 Å². The first-order chi connectivity index (χ1) is 15.0. The summed E-state index contributed by atoms with van der Waals surface area (Å²) >= 11 is 0. The normalized spacial score (nSPS) is 12.9. The van der Waals surface area contributed by atoms with Crippen LogP contribution in [-0.2, 0) is 24.0 Å². The van der Waals surface area contributed by atoms with Crippen molar-refractivity contribution in [2.75, 3.05) is 28.4 Å². The van der Waals surface area contributed by atoms with Gasteiger partial charge in [-0.25, -0.2) is 4.79 Å². The highest BCUT2D eigenvalue weighted by atomic mass is 16.6. The van der Waals surface area contributed by atoms with Crippen LogP contribution in [0.5, 0.6) is 5.75 Å². The summed E-state index contributed by atoms with van der Waals surface area (Å²) in [4.78, 5) is 27.4. The van der Waals surface area contributed by atoms with Crippen molar-refractivity contribution < 1.29 is 28.8 Å². The maximum atomic E-state index is 12.1. The summed E-state index contributed by atoms with van der Waals surface area (Å²) in [6, 6.07) is 14.3. The van der Waals surface area contributed by atoms with Crippen molar-refractivity contribution in [2.24, 2.45) is 15.5 Å². The molecule has 2 aromatic rings. The zero-order valence-electron chi connectivity index (χ0n) is 18.1. The van der Waals surface area contributed by atoms with E-state index >= 15 is 0 Å². The average Bonchev–Trinajstić information content (AvgIpc) is 2.81. The molecule has 0 heterocycles. The van der Waals surface area contributed by atoms with Crippen molar-refractivity contribution in [3.05, 3.63) is 65.2 Å². The highest BCUT2D eigenvalue weighted by Gasteiger charge is 2.19. The van der Waals surface area contributed by atoms with Crippen molar-refractivity contribution in [1.29, 1.82) is 0 Å². The van der Waals surface area contributed by atoms with E-state index in [1.54, 1.807) is 38.3 Å². The Morgan fingerprint density at radius 2 is 1.61 bits per heavy atom. The molecule has 0 amide bonds. The Balaban J connectivity index is 2.23. The Morgan fingerprint density at radius 1 is 0.935 bits per heavy atom. The van der Waals surface area contributed by atoms with Crippen molar-refractivity contribution >= 4 is 23.6 Å². The lowest BCUT2D eigenvalue weighted by Gasteiger charge is -2.13. The first-order valence-corrected chi connectivity index (χ1v) is 9.29. The molecule has 31 heavy (non-hydrogen) atoms. The number of hydrogen-bond donors (Lipinski definition) is 0. The Labute approximate surface area is 180 Å². The molecular weight excluding hydrogens is 402 g/mol. The van der Waals surface area contributed by atoms with Gasteiger partial charge in [-0.05, 0) is 31.2 Å². The predicted molar refractivity (Wildman–Crippen MR) is 117 cm³/mol. The van der Waals surface area contributed by atoms with Crippen molar-refractivity contribution in [3.63, 3.8) is 0 Å². The minimum atomic E-state index is -0.633. The fourth-order valence-corrected chi connectivity index (χ4v) is 2.66. The van der Waals surface area contributed by atoms with Crippen LogP contribution in [0.25, 0.3) is 0 Å². The predicted octanol–water partition coefficient (Wildman–Crippen LogP) is 3.01. The van der Waals surface area contributed by atoms with Gasteiger partial charge in [0.2, 0.25) is 0 Å². The van der Waals surface area contributed by atoms with Gasteiger partial charge in [-0.15, -0.1) is 0 Å². The fraction of sp³-hybridized carbons (Fsp3) is 0.273. The fourth-order valence-electron chi connectivity index (χ4n) is 2.66. The molecule has 2 aromatic carbocycles. The van der Waals surface area contributed by atoms with Gasteiger partial charge in [0.15, 0.2) is 11.8 Å². The van der Waals surface area contributed by atoms with Crippen LogP contribution >= 0.6 is 0 Å². The second kappa shape index (κ2) is 12.0. The highest BCUT2D eigenvalue weighted by molar-refractivity contribution is 6.44. The number of nitrogens with zero attached hydrogens (tertiary/aromatic N) is 3. The van der Waals surface area contributed by atoms with E-state index in [1.807, 2.05) is 24.3 Å². The Kier molecular flexibility index (Phi) is 9.03. The minimum Gasteiger partial charge on any atom is -0.497 e. The molecule has 2 rings (SSSR count). The number of benzene rings is 2. The molecule has 0 bridgehead atoms. The molecular formula is C22H25N3O6. The third-order valence-corrected chi connectivity index (χ3v) is 4.15. The molecule has 1 unspecified atom stereocenters. The summed E-state index contributed by atoms with van der Waals surface area (Å²) in [5.74, 6) is 0.0915. The van der Waals surface area contributed by atoms with Crippen LogP contribution in [-0.4, -0.2) is 58.2 Å². The average molecular weight is 427 g/mol. The molecule has 0 N–H and O–H groups in total. The Morgan fingerprint density at radius 3 is 2.23 bits per heavy atom. The van der Waals surface area contributed by atoms with Crippen LogP contribution < -0.4 is 4.74 Å². The quantitative estimate of drug-likeness (QED) is 0.328. The Bertz CT molecular complexity index is 954. The minimum absolute atomic E-state index is 0.0139. The van der Waals surface area contributed by atoms with E-state index in [4.69, 9.17) is 24.0 Å². The third-order valence-electron chi connectivity index (χ3n) is 4.15. The van der Waals surface area contributed by atoms with E-state index in [9.17, 15) is 4.79 Å². The largest absolute Gasteiger partial charge is 0.497 e. The zero-order chi connectivity index (χ0) is 22.6. The lowest BCUT2D eigenvalue weighted by Crippen LogP contribution is -2.21. The molecule has 0 fully saturated rings. The van der Waals surface area contributed by atoms with E-state index in [0.29, 0.717) is 16.8 Å². The topological polar surface area (TPSA) is 100 Å². The molecule has 0 radical (unpaired) electrons. The highest BCUT2D eigenvalue weighted by Crippen LogP contribution is 2.15. The number of ether oxygens (including phenoxy) is 2. The van der Waals surface area contributed by atoms with E-state index in [0.717, 1.165) is 11.3 Å². The standard InChI is InChI=1S/C22H25N3O6/c1-15(20(24-29-4)16-10-12-18(27-2)13-11-16)31-23-14-17-8-6-7-9-19(17)21(25-30-5)22(26)28-3/h6-15H,1-5H3/b23-14+,24-20-,25-21+. The van der Waals surface area contributed by atoms with Crippen LogP contribution in [0.1, 0.15) is 23.6 Å². The summed E-state index contributed by atoms with van der Waals surface area (Å²) in [5.41, 5.74) is 2.43. The van der Waals surface area contributed by atoms with Gasteiger partial charge in [0.05, 0.1) is 20.4 Å². The van der Waals surface area contributed by atoms with Crippen LogP contribution in [0.3, 0.4) is 0 Å². The first-order valence-electron chi connectivity index (χ1n) is 9.29. The molecule has 0 saturated heterocycles. The summed E-state index contributed by atoms with van der Waals surface area (Å²) < 4.78 is 9.96. The number of carbonyl (C=O) groups excluding carboxylic acids is 1. The third kappa shape index (κ3) is 6.30. The van der Waals surface area contributed by atoms with E-state index < -0.39 is 12.1 Å². The molecule has 0 saturated carbocycles. The summed E-state index contributed by atoms with van der Waals surface area (Å²) in [6.45, 7) is 1.79. The first kappa shape index (κ1) is 23.4. The number of esters is 1. The Hall–Kier alpha value is -3.88. The lowest BCUT2D eigenvalue weighted by molar-refractivity contribution is -0.132. The zero-order valence-corrected chi connectivity index (χ0v) is 18.1.